The van der Waals surface area contributed by atoms with Crippen LogP contribution in [0.5, 0.6) is 0 Å². The minimum absolute atomic E-state index is 0.406. The maximum atomic E-state index is 4.53. The van der Waals surface area contributed by atoms with E-state index in [0.29, 0.717) is 12.0 Å². The van der Waals surface area contributed by atoms with Crippen LogP contribution in [-0.2, 0) is 0 Å². The van der Waals surface area contributed by atoms with Gasteiger partial charge in [0.15, 0.2) is 0 Å². The standard InChI is InChI=1S/C17H23N3/c1-3-12(2)13-6-8-14(9-7-13)16-11-19-17(20-16)15-5-4-10-18-15/h6-9,11-12,15,18H,3-5,10H2,1-2H3,(H,19,20). The van der Waals surface area contributed by atoms with Crippen LogP contribution in [0, 0.1) is 0 Å². The number of hydrogen-bond acceptors (Lipinski definition) is 2. The predicted octanol–water partition coefficient (Wildman–Crippen LogP) is 4.01. The molecule has 0 bridgehead atoms. The minimum Gasteiger partial charge on any atom is -0.341 e. The summed E-state index contributed by atoms with van der Waals surface area (Å²) in [6.45, 7) is 5.60. The van der Waals surface area contributed by atoms with Crippen molar-refractivity contribution in [3.63, 3.8) is 0 Å². The van der Waals surface area contributed by atoms with E-state index < -0.39 is 0 Å². The number of aromatic nitrogens is 2. The summed E-state index contributed by atoms with van der Waals surface area (Å²) in [7, 11) is 0. The lowest BCUT2D eigenvalue weighted by atomic mass is 9.97. The molecule has 1 aromatic heterocycles. The maximum Gasteiger partial charge on any atom is 0.123 e. The third-order valence-corrected chi connectivity index (χ3v) is 4.39. The van der Waals surface area contributed by atoms with Crippen LogP contribution in [0.4, 0.5) is 0 Å². The Morgan fingerprint density at radius 1 is 1.30 bits per heavy atom. The molecule has 1 aliphatic heterocycles. The summed E-state index contributed by atoms with van der Waals surface area (Å²) in [4.78, 5) is 7.99. The summed E-state index contributed by atoms with van der Waals surface area (Å²) < 4.78 is 0. The normalized spacial score (nSPS) is 20.2. The van der Waals surface area contributed by atoms with Crippen LogP contribution in [0.15, 0.2) is 30.5 Å². The molecule has 2 heterocycles. The Balaban J connectivity index is 1.78. The van der Waals surface area contributed by atoms with Crippen LogP contribution in [0.25, 0.3) is 11.3 Å². The summed E-state index contributed by atoms with van der Waals surface area (Å²) in [5.41, 5.74) is 3.74. The van der Waals surface area contributed by atoms with Crippen molar-refractivity contribution in [3.8, 4) is 11.3 Å². The van der Waals surface area contributed by atoms with Crippen molar-refractivity contribution in [2.45, 2.75) is 45.1 Å². The maximum absolute atomic E-state index is 4.53. The molecule has 20 heavy (non-hydrogen) atoms. The highest BCUT2D eigenvalue weighted by Gasteiger charge is 2.19. The summed E-state index contributed by atoms with van der Waals surface area (Å²) in [6.07, 6.45) is 5.55. The van der Waals surface area contributed by atoms with Crippen LogP contribution in [-0.4, -0.2) is 16.5 Å². The van der Waals surface area contributed by atoms with Gasteiger partial charge in [-0.05, 0) is 42.9 Å². The lowest BCUT2D eigenvalue weighted by molar-refractivity contribution is 0.613. The number of imidazole rings is 1. The molecule has 106 valence electrons. The van der Waals surface area contributed by atoms with Gasteiger partial charge in [-0.25, -0.2) is 4.98 Å². The minimum atomic E-state index is 0.406. The van der Waals surface area contributed by atoms with Crippen LogP contribution in [0.3, 0.4) is 0 Å². The zero-order valence-electron chi connectivity index (χ0n) is 12.3. The van der Waals surface area contributed by atoms with Gasteiger partial charge in [0.1, 0.15) is 5.82 Å². The predicted molar refractivity (Wildman–Crippen MR) is 82.7 cm³/mol. The van der Waals surface area contributed by atoms with E-state index in [2.05, 4.69) is 53.4 Å². The van der Waals surface area contributed by atoms with Gasteiger partial charge >= 0.3 is 0 Å². The number of nitrogens with zero attached hydrogens (tertiary/aromatic N) is 1. The van der Waals surface area contributed by atoms with Gasteiger partial charge in [0.25, 0.3) is 0 Å². The number of aromatic amines is 1. The topological polar surface area (TPSA) is 40.7 Å². The van der Waals surface area contributed by atoms with Gasteiger partial charge in [-0.3, -0.25) is 0 Å². The summed E-state index contributed by atoms with van der Waals surface area (Å²) in [5, 5.41) is 3.48. The molecular weight excluding hydrogens is 246 g/mol. The number of hydrogen-bond donors (Lipinski definition) is 2. The van der Waals surface area contributed by atoms with Gasteiger partial charge in [-0.15, -0.1) is 0 Å². The number of benzene rings is 1. The summed E-state index contributed by atoms with van der Waals surface area (Å²) in [5.74, 6) is 1.70. The molecule has 0 radical (unpaired) electrons. The Kier molecular flexibility index (Phi) is 3.88. The fourth-order valence-corrected chi connectivity index (χ4v) is 2.81. The fraction of sp³-hybridized carbons (Fsp3) is 0.471. The third-order valence-electron chi connectivity index (χ3n) is 4.39. The molecule has 0 aliphatic carbocycles. The molecule has 1 aromatic carbocycles. The second-order valence-corrected chi connectivity index (χ2v) is 5.76. The molecule has 1 fully saturated rings. The van der Waals surface area contributed by atoms with E-state index in [1.807, 2.05) is 6.20 Å². The van der Waals surface area contributed by atoms with Crippen LogP contribution in [0.1, 0.15) is 56.5 Å². The van der Waals surface area contributed by atoms with Gasteiger partial charge in [0.05, 0.1) is 17.9 Å². The monoisotopic (exact) mass is 269 g/mol. The van der Waals surface area contributed by atoms with Crippen molar-refractivity contribution >= 4 is 0 Å². The van der Waals surface area contributed by atoms with E-state index in [-0.39, 0.29) is 0 Å². The number of nitrogens with one attached hydrogen (secondary N) is 2. The van der Waals surface area contributed by atoms with Crippen molar-refractivity contribution in [3.05, 3.63) is 41.9 Å². The van der Waals surface area contributed by atoms with Gasteiger partial charge in [-0.2, -0.15) is 0 Å². The van der Waals surface area contributed by atoms with Crippen LogP contribution < -0.4 is 5.32 Å². The highest BCUT2D eigenvalue weighted by molar-refractivity contribution is 5.59. The Morgan fingerprint density at radius 2 is 2.10 bits per heavy atom. The Bertz CT molecular complexity index is 550. The molecule has 1 aliphatic rings. The molecule has 2 N–H and O–H groups in total. The van der Waals surface area contributed by atoms with Crippen molar-refractivity contribution in [1.82, 2.24) is 15.3 Å². The van der Waals surface area contributed by atoms with E-state index in [1.165, 1.54) is 30.4 Å². The smallest absolute Gasteiger partial charge is 0.123 e. The van der Waals surface area contributed by atoms with E-state index >= 15 is 0 Å². The summed E-state index contributed by atoms with van der Waals surface area (Å²) >= 11 is 0. The molecular formula is C17H23N3. The average molecular weight is 269 g/mol. The zero-order chi connectivity index (χ0) is 13.9. The highest BCUT2D eigenvalue weighted by Crippen LogP contribution is 2.26. The highest BCUT2D eigenvalue weighted by atomic mass is 15.0. The molecule has 3 rings (SSSR count). The molecule has 2 aromatic rings. The first kappa shape index (κ1) is 13.4. The second kappa shape index (κ2) is 5.80. The van der Waals surface area contributed by atoms with Crippen molar-refractivity contribution in [2.75, 3.05) is 6.54 Å². The number of rotatable bonds is 4. The molecule has 1 saturated heterocycles. The van der Waals surface area contributed by atoms with Crippen molar-refractivity contribution < 1.29 is 0 Å². The Hall–Kier alpha value is -1.61. The fourth-order valence-electron chi connectivity index (χ4n) is 2.81. The third kappa shape index (κ3) is 2.63. The molecule has 0 saturated carbocycles. The first-order valence-electron chi connectivity index (χ1n) is 7.66. The average Bonchev–Trinajstić information content (AvgIpc) is 3.17. The summed E-state index contributed by atoms with van der Waals surface area (Å²) in [6, 6.07) is 9.26. The SMILES string of the molecule is CCC(C)c1ccc(-c2cnc(C3CCCN3)[nH]2)cc1. The molecule has 0 spiro atoms. The first-order valence-corrected chi connectivity index (χ1v) is 7.66. The molecule has 2 atom stereocenters. The second-order valence-electron chi connectivity index (χ2n) is 5.76. The lowest BCUT2D eigenvalue weighted by Gasteiger charge is -2.09. The van der Waals surface area contributed by atoms with E-state index in [0.717, 1.165) is 18.1 Å². The molecule has 2 unspecified atom stereocenters. The first-order chi connectivity index (χ1) is 9.78. The van der Waals surface area contributed by atoms with Gasteiger partial charge in [0.2, 0.25) is 0 Å². The number of H-pyrrole nitrogens is 1. The molecule has 3 heteroatoms. The van der Waals surface area contributed by atoms with Crippen LogP contribution in [0.2, 0.25) is 0 Å². The Labute approximate surface area is 120 Å². The van der Waals surface area contributed by atoms with E-state index in [1.54, 1.807) is 0 Å². The van der Waals surface area contributed by atoms with Gasteiger partial charge in [-0.1, -0.05) is 38.1 Å². The van der Waals surface area contributed by atoms with Crippen LogP contribution >= 0.6 is 0 Å². The Morgan fingerprint density at radius 3 is 2.75 bits per heavy atom. The molecule has 0 amide bonds. The van der Waals surface area contributed by atoms with Gasteiger partial charge < -0.3 is 10.3 Å². The van der Waals surface area contributed by atoms with Gasteiger partial charge in [0, 0.05) is 0 Å². The zero-order valence-corrected chi connectivity index (χ0v) is 12.3. The van der Waals surface area contributed by atoms with Crippen molar-refractivity contribution in [2.24, 2.45) is 0 Å². The molecule has 3 nitrogen and oxygen atoms in total. The quantitative estimate of drug-likeness (QED) is 0.880. The lowest BCUT2D eigenvalue weighted by Crippen LogP contribution is -2.14. The van der Waals surface area contributed by atoms with E-state index in [9.17, 15) is 0 Å². The largest absolute Gasteiger partial charge is 0.341 e. The van der Waals surface area contributed by atoms with Crippen molar-refractivity contribution in [1.29, 1.82) is 0 Å². The van der Waals surface area contributed by atoms with E-state index in [4.69, 9.17) is 0 Å².